The van der Waals surface area contributed by atoms with Gasteiger partial charge in [0, 0.05) is 68.5 Å². The second-order valence-corrected chi connectivity index (χ2v) is 16.8. The molecule has 1 saturated carbocycles. The van der Waals surface area contributed by atoms with Crippen LogP contribution in [0.3, 0.4) is 0 Å². The first-order valence-corrected chi connectivity index (χ1v) is 20.5. The van der Waals surface area contributed by atoms with Crippen LogP contribution in [-0.2, 0) is 21.2 Å². The quantitative estimate of drug-likeness (QED) is 0.0497. The molecule has 3 aromatic rings. The molecule has 0 amide bonds. The molecule has 0 spiro atoms. The maximum Gasteiger partial charge on any atom is 0.293 e. The average molecular weight is 781 g/mol. The number of nitro benzene ring substituents is 1. The number of nitrogens with one attached hydrogen (secondary N) is 2. The van der Waals surface area contributed by atoms with Gasteiger partial charge in [0.05, 0.1) is 15.4 Å². The van der Waals surface area contributed by atoms with Gasteiger partial charge in [-0.2, -0.15) is 5.26 Å². The van der Waals surface area contributed by atoms with Gasteiger partial charge in [-0.25, -0.2) is 17.5 Å². The Morgan fingerprint density at radius 3 is 2.43 bits per heavy atom. The number of methoxy groups -OCH3 is 1. The fourth-order valence-electron chi connectivity index (χ4n) is 7.12. The largest absolute Gasteiger partial charge is 0.378 e. The van der Waals surface area contributed by atoms with Crippen molar-refractivity contribution in [1.29, 1.82) is 5.26 Å². The number of rotatable bonds is 15. The van der Waals surface area contributed by atoms with Crippen LogP contribution in [0.2, 0.25) is 0 Å². The van der Waals surface area contributed by atoms with E-state index in [-0.39, 0.29) is 40.1 Å². The van der Waals surface area contributed by atoms with E-state index in [2.05, 4.69) is 19.9 Å². The Morgan fingerprint density at radius 1 is 1.11 bits per heavy atom. The Balaban J connectivity index is 1.21. The van der Waals surface area contributed by atoms with E-state index in [1.165, 1.54) is 18.2 Å². The van der Waals surface area contributed by atoms with Crippen molar-refractivity contribution < 1.29 is 22.5 Å². The standard InChI is InChI=1S/C38H49FN8O5S2/c1-44(2)20-17-30(27-53-32-10-5-4-6-11-32)42-35-14-13-33(25-36(35)47(48)49)54(50,51)43-37(41-28-40)46-23-21-45(22-24-46)31-15-18-38(52-3,19-16-31)26-29-9-7-8-12-34(29)39/h4-14,25,30-31,42H,15-24,26-27H2,1-3H3,(H,41,43)/t30-,31?,38?/m1/s1. The molecule has 54 heavy (non-hydrogen) atoms. The topological polar surface area (TPSA) is 156 Å². The van der Waals surface area contributed by atoms with Gasteiger partial charge < -0.3 is 19.9 Å². The highest BCUT2D eigenvalue weighted by molar-refractivity contribution is 7.99. The molecule has 1 aliphatic heterocycles. The number of ether oxygens (including phenoxy) is 1. The number of hydrogen-bond donors (Lipinski definition) is 2. The molecular weight excluding hydrogens is 732 g/mol. The minimum Gasteiger partial charge on any atom is -0.378 e. The van der Waals surface area contributed by atoms with Crippen molar-refractivity contribution in [1.82, 2.24) is 19.4 Å². The Bertz CT molecular complexity index is 1890. The molecular formula is C38H49FN8O5S2. The Kier molecular flexibility index (Phi) is 14.3. The number of nitriles is 1. The number of anilines is 1. The van der Waals surface area contributed by atoms with Crippen LogP contribution < -0.4 is 10.0 Å². The van der Waals surface area contributed by atoms with Crippen LogP contribution in [0.15, 0.2) is 87.6 Å². The molecule has 5 rings (SSSR count). The van der Waals surface area contributed by atoms with Crippen molar-refractivity contribution in [3.05, 3.63) is 94.3 Å². The zero-order chi connectivity index (χ0) is 38.7. The van der Waals surface area contributed by atoms with Gasteiger partial charge in [0.1, 0.15) is 11.5 Å². The molecule has 1 heterocycles. The monoisotopic (exact) mass is 780 g/mol. The lowest BCUT2D eigenvalue weighted by atomic mass is 9.77. The van der Waals surface area contributed by atoms with Crippen LogP contribution in [0.25, 0.3) is 0 Å². The number of aliphatic imine (C=N–C) groups is 1. The maximum atomic E-state index is 14.4. The Hall–Kier alpha value is -4.27. The summed E-state index contributed by atoms with van der Waals surface area (Å²) in [6, 6.07) is 20.6. The lowest BCUT2D eigenvalue weighted by Crippen LogP contribution is -2.56. The molecule has 3 aromatic carbocycles. The number of benzene rings is 3. The van der Waals surface area contributed by atoms with Crippen molar-refractivity contribution in [3.63, 3.8) is 0 Å². The van der Waals surface area contributed by atoms with Crippen molar-refractivity contribution in [2.24, 2.45) is 4.99 Å². The number of thioether (sulfide) groups is 1. The number of sulfonamides is 1. The molecule has 0 bridgehead atoms. The SMILES string of the molecule is COC1(Cc2ccccc2F)CCC(N2CCN(/C(=N/C#N)NS(=O)(=O)c3ccc(N[C@H](CCN(C)C)CSc4ccccc4)c([N+](=O)[O-])c3)CC2)CC1. The molecule has 1 aliphatic carbocycles. The fraction of sp³-hybridized carbons (Fsp3) is 0.474. The first-order chi connectivity index (χ1) is 25.9. The molecule has 0 radical (unpaired) electrons. The van der Waals surface area contributed by atoms with E-state index in [1.54, 1.807) is 42.1 Å². The van der Waals surface area contributed by atoms with Gasteiger partial charge in [-0.05, 0) is 88.6 Å². The summed E-state index contributed by atoms with van der Waals surface area (Å²) in [7, 11) is 1.26. The lowest BCUT2D eigenvalue weighted by Gasteiger charge is -2.45. The number of nitro groups is 1. The molecule has 13 nitrogen and oxygen atoms in total. The van der Waals surface area contributed by atoms with E-state index in [4.69, 9.17) is 4.74 Å². The van der Waals surface area contributed by atoms with E-state index < -0.39 is 20.5 Å². The molecule has 0 aromatic heterocycles. The first-order valence-electron chi connectivity index (χ1n) is 18.1. The van der Waals surface area contributed by atoms with Crippen molar-refractivity contribution in [2.75, 3.05) is 65.0 Å². The van der Waals surface area contributed by atoms with Crippen molar-refractivity contribution in [3.8, 4) is 6.19 Å². The highest BCUT2D eigenvalue weighted by Crippen LogP contribution is 2.37. The van der Waals surface area contributed by atoms with Crippen LogP contribution in [0.4, 0.5) is 15.8 Å². The van der Waals surface area contributed by atoms with Crippen LogP contribution in [0, 0.1) is 27.4 Å². The number of guanidine groups is 1. The third-order valence-electron chi connectivity index (χ3n) is 10.2. The number of hydrogen-bond acceptors (Lipinski definition) is 11. The summed E-state index contributed by atoms with van der Waals surface area (Å²) >= 11 is 1.63. The molecule has 16 heteroatoms. The Labute approximate surface area is 321 Å². The maximum absolute atomic E-state index is 14.4. The summed E-state index contributed by atoms with van der Waals surface area (Å²) in [5.74, 6) is 0.288. The predicted molar refractivity (Wildman–Crippen MR) is 209 cm³/mol. The van der Waals surface area contributed by atoms with Gasteiger partial charge in [0.2, 0.25) is 12.2 Å². The zero-order valence-electron chi connectivity index (χ0n) is 31.0. The van der Waals surface area contributed by atoms with E-state index in [9.17, 15) is 28.2 Å². The fourth-order valence-corrected chi connectivity index (χ4v) is 9.16. The number of piperazine rings is 1. The van der Waals surface area contributed by atoms with E-state index >= 15 is 0 Å². The van der Waals surface area contributed by atoms with Gasteiger partial charge >= 0.3 is 0 Å². The predicted octanol–water partition coefficient (Wildman–Crippen LogP) is 5.56. The van der Waals surface area contributed by atoms with Crippen LogP contribution >= 0.6 is 11.8 Å². The highest BCUT2D eigenvalue weighted by atomic mass is 32.2. The minimum atomic E-state index is -4.35. The van der Waals surface area contributed by atoms with Gasteiger partial charge in [-0.3, -0.25) is 15.0 Å². The van der Waals surface area contributed by atoms with Gasteiger partial charge in [0.15, 0.2) is 0 Å². The molecule has 1 saturated heterocycles. The first kappa shape index (κ1) is 40.9. The van der Waals surface area contributed by atoms with E-state index in [0.717, 1.165) is 43.2 Å². The Morgan fingerprint density at radius 2 is 1.80 bits per heavy atom. The molecule has 0 unspecified atom stereocenters. The summed E-state index contributed by atoms with van der Waals surface area (Å²) in [5, 5.41) is 25.0. The lowest BCUT2D eigenvalue weighted by molar-refractivity contribution is -0.384. The van der Waals surface area contributed by atoms with Gasteiger partial charge in [0.25, 0.3) is 15.7 Å². The average Bonchev–Trinajstić information content (AvgIpc) is 3.17. The highest BCUT2D eigenvalue weighted by Gasteiger charge is 2.39. The molecule has 1 atom stereocenters. The van der Waals surface area contributed by atoms with Crippen LogP contribution in [0.1, 0.15) is 37.7 Å². The summed E-state index contributed by atoms with van der Waals surface area (Å²) < 4.78 is 50.1. The van der Waals surface area contributed by atoms with Crippen LogP contribution in [0.5, 0.6) is 0 Å². The van der Waals surface area contributed by atoms with Crippen LogP contribution in [-0.4, -0.2) is 111 Å². The van der Waals surface area contributed by atoms with E-state index in [0.29, 0.717) is 50.3 Å². The normalized spacial score (nSPS) is 20.3. The van der Waals surface area contributed by atoms with Gasteiger partial charge in [-0.1, -0.05) is 36.4 Å². The third-order valence-corrected chi connectivity index (χ3v) is 12.7. The molecule has 2 N–H and O–H groups in total. The minimum absolute atomic E-state index is 0.129. The summed E-state index contributed by atoms with van der Waals surface area (Å²) in [6.45, 7) is 2.82. The van der Waals surface area contributed by atoms with Gasteiger partial charge in [-0.15, -0.1) is 16.8 Å². The van der Waals surface area contributed by atoms with Crippen molar-refractivity contribution >= 4 is 39.1 Å². The summed E-state index contributed by atoms with van der Waals surface area (Å²) in [5.41, 5.74) is 0.0717. The second kappa shape index (κ2) is 18.9. The molecule has 290 valence electrons. The van der Waals surface area contributed by atoms with E-state index in [1.807, 2.05) is 55.4 Å². The molecule has 2 aliphatic rings. The smallest absolute Gasteiger partial charge is 0.293 e. The second-order valence-electron chi connectivity index (χ2n) is 14.0. The zero-order valence-corrected chi connectivity index (χ0v) is 32.6. The number of nitrogens with zero attached hydrogens (tertiary/aromatic N) is 6. The molecule has 2 fully saturated rings. The number of halogens is 1. The summed E-state index contributed by atoms with van der Waals surface area (Å²) in [6.07, 6.45) is 6.24. The third kappa shape index (κ3) is 10.9. The van der Waals surface area contributed by atoms with Crippen molar-refractivity contribution in [2.45, 2.75) is 66.0 Å². The summed E-state index contributed by atoms with van der Waals surface area (Å²) in [4.78, 5) is 22.3.